The van der Waals surface area contributed by atoms with Crippen LogP contribution in [0.5, 0.6) is 5.88 Å². The fraction of sp³-hybridized carbons (Fsp3) is 0.333. The number of hydrogen-bond acceptors (Lipinski definition) is 5. The van der Waals surface area contributed by atoms with Gasteiger partial charge in [0, 0.05) is 11.8 Å². The standard InChI is InChI=1S/C15H17ClN2O4S/c1-8(2)18-15(20)11(7-17-18)14(19)10-5-6-12(23(4,21)22)9(3)13(10)16/h5-8,20H,1-4H3. The third-order valence-electron chi connectivity index (χ3n) is 3.48. The van der Waals surface area contributed by atoms with E-state index in [2.05, 4.69) is 5.10 Å². The zero-order valence-corrected chi connectivity index (χ0v) is 14.7. The quantitative estimate of drug-likeness (QED) is 0.851. The molecule has 0 saturated heterocycles. The van der Waals surface area contributed by atoms with E-state index in [1.807, 2.05) is 13.8 Å². The van der Waals surface area contributed by atoms with Gasteiger partial charge in [-0.25, -0.2) is 13.1 Å². The van der Waals surface area contributed by atoms with Crippen LogP contribution in [0, 0.1) is 6.92 Å². The van der Waals surface area contributed by atoms with Crippen molar-refractivity contribution in [1.29, 1.82) is 0 Å². The summed E-state index contributed by atoms with van der Waals surface area (Å²) in [5.41, 5.74) is 0.443. The Labute approximate surface area is 139 Å². The third kappa shape index (κ3) is 3.11. The predicted octanol–water partition coefficient (Wildman–Crippen LogP) is 2.77. The van der Waals surface area contributed by atoms with Crippen LogP contribution in [-0.4, -0.2) is 35.3 Å². The number of halogens is 1. The van der Waals surface area contributed by atoms with Gasteiger partial charge in [-0.1, -0.05) is 11.6 Å². The highest BCUT2D eigenvalue weighted by Crippen LogP contribution is 2.31. The number of hydrogen-bond donors (Lipinski definition) is 1. The molecule has 0 aliphatic rings. The van der Waals surface area contributed by atoms with Gasteiger partial charge in [0.2, 0.25) is 11.7 Å². The molecular formula is C15H17ClN2O4S. The number of nitrogens with zero attached hydrogens (tertiary/aromatic N) is 2. The second kappa shape index (κ2) is 5.98. The van der Waals surface area contributed by atoms with Crippen molar-refractivity contribution >= 4 is 27.2 Å². The van der Waals surface area contributed by atoms with Crippen molar-refractivity contribution in [2.45, 2.75) is 31.7 Å². The van der Waals surface area contributed by atoms with Gasteiger partial charge in [-0.3, -0.25) is 4.79 Å². The Hall–Kier alpha value is -1.86. The largest absolute Gasteiger partial charge is 0.493 e. The molecule has 0 amide bonds. The van der Waals surface area contributed by atoms with E-state index >= 15 is 0 Å². The summed E-state index contributed by atoms with van der Waals surface area (Å²) in [6.07, 6.45) is 2.35. The van der Waals surface area contributed by atoms with Gasteiger partial charge >= 0.3 is 0 Å². The maximum atomic E-state index is 12.6. The number of ketones is 1. The predicted molar refractivity (Wildman–Crippen MR) is 87.0 cm³/mol. The molecule has 0 aliphatic heterocycles. The topological polar surface area (TPSA) is 89.3 Å². The highest BCUT2D eigenvalue weighted by atomic mass is 35.5. The first kappa shape index (κ1) is 17.5. The van der Waals surface area contributed by atoms with Crippen LogP contribution in [-0.2, 0) is 9.84 Å². The van der Waals surface area contributed by atoms with Crippen LogP contribution in [0.2, 0.25) is 5.02 Å². The molecule has 1 heterocycles. The molecule has 23 heavy (non-hydrogen) atoms. The lowest BCUT2D eigenvalue weighted by Crippen LogP contribution is -2.07. The normalized spacial score (nSPS) is 11.9. The van der Waals surface area contributed by atoms with Gasteiger partial charge in [0.25, 0.3) is 0 Å². The molecule has 2 rings (SSSR count). The fourth-order valence-corrected chi connectivity index (χ4v) is 3.56. The Bertz CT molecular complexity index is 885. The number of carbonyl (C=O) groups excluding carboxylic acids is 1. The average Bonchev–Trinajstić information content (AvgIpc) is 2.81. The smallest absolute Gasteiger partial charge is 0.221 e. The van der Waals surface area contributed by atoms with Gasteiger partial charge in [0.05, 0.1) is 22.2 Å². The maximum absolute atomic E-state index is 12.6. The Balaban J connectivity index is 2.56. The van der Waals surface area contributed by atoms with Gasteiger partial charge in [-0.05, 0) is 38.5 Å². The zero-order chi connectivity index (χ0) is 17.5. The summed E-state index contributed by atoms with van der Waals surface area (Å²) >= 11 is 6.18. The number of aromatic nitrogens is 2. The highest BCUT2D eigenvalue weighted by Gasteiger charge is 2.24. The van der Waals surface area contributed by atoms with Crippen molar-refractivity contribution in [3.63, 3.8) is 0 Å². The van der Waals surface area contributed by atoms with Crippen molar-refractivity contribution < 1.29 is 18.3 Å². The zero-order valence-electron chi connectivity index (χ0n) is 13.2. The second-order valence-electron chi connectivity index (χ2n) is 5.57. The molecule has 1 aromatic carbocycles. The van der Waals surface area contributed by atoms with Crippen molar-refractivity contribution in [3.05, 3.63) is 40.0 Å². The van der Waals surface area contributed by atoms with E-state index in [0.29, 0.717) is 5.56 Å². The Kier molecular flexibility index (Phi) is 4.54. The molecule has 1 N–H and O–H groups in total. The summed E-state index contributed by atoms with van der Waals surface area (Å²) in [5, 5.41) is 14.1. The monoisotopic (exact) mass is 356 g/mol. The molecule has 0 unspecified atom stereocenters. The summed E-state index contributed by atoms with van der Waals surface area (Å²) in [5.74, 6) is -0.756. The molecule has 8 heteroatoms. The molecule has 6 nitrogen and oxygen atoms in total. The molecule has 2 aromatic rings. The number of rotatable bonds is 4. The molecule has 124 valence electrons. The summed E-state index contributed by atoms with van der Waals surface area (Å²) in [7, 11) is -3.44. The number of carbonyl (C=O) groups is 1. The van der Waals surface area contributed by atoms with Crippen LogP contribution in [0.25, 0.3) is 0 Å². The fourth-order valence-electron chi connectivity index (χ4n) is 2.28. The van der Waals surface area contributed by atoms with Gasteiger partial charge in [-0.2, -0.15) is 5.10 Å². The number of benzene rings is 1. The van der Waals surface area contributed by atoms with Gasteiger partial charge in [0.1, 0.15) is 5.56 Å². The molecule has 0 radical (unpaired) electrons. The van der Waals surface area contributed by atoms with Crippen molar-refractivity contribution in [2.75, 3.05) is 6.26 Å². The molecule has 0 bridgehead atoms. The number of aromatic hydroxyl groups is 1. The van der Waals surface area contributed by atoms with E-state index in [-0.39, 0.29) is 33.0 Å². The van der Waals surface area contributed by atoms with Gasteiger partial charge in [0.15, 0.2) is 9.84 Å². The van der Waals surface area contributed by atoms with Crippen LogP contribution in [0.3, 0.4) is 0 Å². The summed E-state index contributed by atoms with van der Waals surface area (Å²) in [6, 6.07) is 2.58. The van der Waals surface area contributed by atoms with Crippen LogP contribution >= 0.6 is 11.6 Å². The second-order valence-corrected chi connectivity index (χ2v) is 7.93. The Morgan fingerprint density at radius 2 is 1.91 bits per heavy atom. The van der Waals surface area contributed by atoms with Gasteiger partial charge < -0.3 is 5.11 Å². The number of sulfone groups is 1. The first-order chi connectivity index (χ1) is 10.6. The van der Waals surface area contributed by atoms with E-state index in [1.165, 1.54) is 29.9 Å². The van der Waals surface area contributed by atoms with Crippen molar-refractivity contribution in [1.82, 2.24) is 9.78 Å². The SMILES string of the molecule is Cc1c(S(C)(=O)=O)ccc(C(=O)c2cnn(C(C)C)c2O)c1Cl. The molecule has 0 atom stereocenters. The average molecular weight is 357 g/mol. The lowest BCUT2D eigenvalue weighted by atomic mass is 10.0. The molecule has 1 aromatic heterocycles. The summed E-state index contributed by atoms with van der Waals surface area (Å²) in [6.45, 7) is 5.17. The Morgan fingerprint density at radius 1 is 1.30 bits per heavy atom. The van der Waals surface area contributed by atoms with Crippen LogP contribution in [0.1, 0.15) is 41.4 Å². The molecular weight excluding hydrogens is 340 g/mol. The minimum Gasteiger partial charge on any atom is -0.493 e. The van der Waals surface area contributed by atoms with Crippen molar-refractivity contribution in [3.8, 4) is 5.88 Å². The molecule has 0 fully saturated rings. The van der Waals surface area contributed by atoms with Crippen LogP contribution in [0.15, 0.2) is 23.2 Å². The van der Waals surface area contributed by atoms with Crippen LogP contribution < -0.4 is 0 Å². The van der Waals surface area contributed by atoms with E-state index in [9.17, 15) is 18.3 Å². The summed E-state index contributed by atoms with van der Waals surface area (Å²) < 4.78 is 24.7. The lowest BCUT2D eigenvalue weighted by molar-refractivity contribution is 0.103. The van der Waals surface area contributed by atoms with Crippen LogP contribution in [0.4, 0.5) is 0 Å². The highest BCUT2D eigenvalue weighted by molar-refractivity contribution is 7.90. The van der Waals surface area contributed by atoms with E-state index in [1.54, 1.807) is 0 Å². The maximum Gasteiger partial charge on any atom is 0.221 e. The third-order valence-corrected chi connectivity index (χ3v) is 5.21. The van der Waals surface area contributed by atoms with E-state index in [4.69, 9.17) is 11.6 Å². The van der Waals surface area contributed by atoms with Gasteiger partial charge in [-0.15, -0.1) is 0 Å². The minimum absolute atomic E-state index is 0.0205. The van der Waals surface area contributed by atoms with E-state index < -0.39 is 15.6 Å². The first-order valence-electron chi connectivity index (χ1n) is 6.86. The molecule has 0 spiro atoms. The minimum atomic E-state index is -3.44. The molecule has 0 aliphatic carbocycles. The summed E-state index contributed by atoms with van der Waals surface area (Å²) in [4.78, 5) is 12.7. The lowest BCUT2D eigenvalue weighted by Gasteiger charge is -2.10. The Morgan fingerprint density at radius 3 is 2.39 bits per heavy atom. The van der Waals surface area contributed by atoms with E-state index in [0.717, 1.165) is 6.26 Å². The molecule has 0 saturated carbocycles. The first-order valence-corrected chi connectivity index (χ1v) is 9.13. The van der Waals surface area contributed by atoms with Crippen molar-refractivity contribution in [2.24, 2.45) is 0 Å².